The van der Waals surface area contributed by atoms with Crippen LogP contribution in [0.15, 0.2) is 63.1 Å². The predicted molar refractivity (Wildman–Crippen MR) is 128 cm³/mol. The highest BCUT2D eigenvalue weighted by molar-refractivity contribution is 8.00. The van der Waals surface area contributed by atoms with Crippen LogP contribution in [0, 0.1) is 0 Å². The molecule has 0 radical (unpaired) electrons. The fraction of sp³-hybridized carbons (Fsp3) is 0.348. The first kappa shape index (κ1) is 23.5. The van der Waals surface area contributed by atoms with Crippen molar-refractivity contribution in [2.75, 3.05) is 24.5 Å². The molecule has 1 aromatic heterocycles. The van der Waals surface area contributed by atoms with Crippen molar-refractivity contribution in [1.82, 2.24) is 14.5 Å². The summed E-state index contributed by atoms with van der Waals surface area (Å²) in [7, 11) is -3.60. The summed E-state index contributed by atoms with van der Waals surface area (Å²) in [4.78, 5) is 15.0. The number of amides is 1. The number of rotatable bonds is 8. The van der Waals surface area contributed by atoms with Gasteiger partial charge in [0.25, 0.3) is 5.22 Å². The van der Waals surface area contributed by atoms with Crippen LogP contribution in [0.2, 0.25) is 0 Å². The van der Waals surface area contributed by atoms with Crippen molar-refractivity contribution in [3.63, 3.8) is 0 Å². The van der Waals surface area contributed by atoms with Gasteiger partial charge in [0, 0.05) is 30.9 Å². The van der Waals surface area contributed by atoms with Gasteiger partial charge < -0.3 is 9.32 Å². The van der Waals surface area contributed by atoms with Crippen molar-refractivity contribution in [3.8, 4) is 11.5 Å². The normalized spacial score (nSPS) is 14.5. The molecule has 2 heterocycles. The quantitative estimate of drug-likeness (QED) is 0.446. The Morgan fingerprint density at radius 1 is 1.15 bits per heavy atom. The summed E-state index contributed by atoms with van der Waals surface area (Å²) >= 11 is 1.19. The maximum atomic E-state index is 13.0. The molecular weight excluding hydrogens is 460 g/mol. The monoisotopic (exact) mass is 486 g/mol. The molecule has 8 nitrogen and oxygen atoms in total. The van der Waals surface area contributed by atoms with Crippen molar-refractivity contribution in [2.24, 2.45) is 0 Å². The number of carbonyl (C=O) groups excluding carboxylic acids is 1. The smallest absolute Gasteiger partial charge is 0.277 e. The van der Waals surface area contributed by atoms with E-state index in [2.05, 4.69) is 10.2 Å². The van der Waals surface area contributed by atoms with Gasteiger partial charge in [-0.05, 0) is 43.2 Å². The van der Waals surface area contributed by atoms with Gasteiger partial charge in [-0.3, -0.25) is 4.79 Å². The molecule has 33 heavy (non-hydrogen) atoms. The third-order valence-electron chi connectivity index (χ3n) is 5.61. The molecule has 0 fully saturated rings. The van der Waals surface area contributed by atoms with Crippen LogP contribution in [0.4, 0.5) is 5.69 Å². The van der Waals surface area contributed by atoms with Gasteiger partial charge >= 0.3 is 0 Å². The molecule has 0 bridgehead atoms. The average Bonchev–Trinajstić information content (AvgIpc) is 3.46. The van der Waals surface area contributed by atoms with Gasteiger partial charge in [0.1, 0.15) is 0 Å². The number of sulfonamides is 1. The minimum absolute atomic E-state index is 0.0167. The van der Waals surface area contributed by atoms with E-state index in [0.717, 1.165) is 12.1 Å². The summed E-state index contributed by atoms with van der Waals surface area (Å²) < 4.78 is 32.8. The molecule has 10 heteroatoms. The lowest BCUT2D eigenvalue weighted by atomic mass is 10.2. The Morgan fingerprint density at radius 2 is 1.91 bits per heavy atom. The molecule has 0 aliphatic carbocycles. The minimum atomic E-state index is -3.60. The predicted octanol–water partition coefficient (Wildman–Crippen LogP) is 3.84. The van der Waals surface area contributed by atoms with Crippen LogP contribution in [0.3, 0.4) is 0 Å². The van der Waals surface area contributed by atoms with E-state index in [1.807, 2.05) is 31.2 Å². The number of fused-ring (bicyclic) bond motifs is 1. The molecule has 1 atom stereocenters. The third-order valence-corrected chi connectivity index (χ3v) is 8.58. The molecule has 1 aliphatic rings. The van der Waals surface area contributed by atoms with E-state index in [9.17, 15) is 13.2 Å². The number of benzene rings is 2. The lowest BCUT2D eigenvalue weighted by molar-refractivity contribution is -0.117. The molecule has 174 valence electrons. The SMILES string of the molecule is CCN(CC)S(=O)(=O)c1cccc(-c2nnc(SC(C)C(=O)N3CCc4ccccc43)o2)c1. The zero-order valence-electron chi connectivity index (χ0n) is 18.8. The van der Waals surface area contributed by atoms with Crippen molar-refractivity contribution >= 4 is 33.4 Å². The number of carbonyl (C=O) groups is 1. The first-order valence-electron chi connectivity index (χ1n) is 10.8. The first-order valence-corrected chi connectivity index (χ1v) is 13.2. The van der Waals surface area contributed by atoms with E-state index in [0.29, 0.717) is 25.2 Å². The number of hydrogen-bond donors (Lipinski definition) is 0. The van der Waals surface area contributed by atoms with E-state index < -0.39 is 15.3 Å². The average molecular weight is 487 g/mol. The Kier molecular flexibility index (Phi) is 6.87. The molecular formula is C23H26N4O4S2. The van der Waals surface area contributed by atoms with Gasteiger partial charge in [0.2, 0.25) is 21.8 Å². The molecule has 1 aliphatic heterocycles. The minimum Gasteiger partial charge on any atom is -0.411 e. The number of hydrogen-bond acceptors (Lipinski definition) is 7. The van der Waals surface area contributed by atoms with Crippen molar-refractivity contribution in [3.05, 3.63) is 54.1 Å². The van der Waals surface area contributed by atoms with Crippen molar-refractivity contribution in [1.29, 1.82) is 0 Å². The summed E-state index contributed by atoms with van der Waals surface area (Å²) in [6.07, 6.45) is 0.844. The molecule has 3 aromatic rings. The summed E-state index contributed by atoms with van der Waals surface area (Å²) in [5.74, 6) is 0.192. The summed E-state index contributed by atoms with van der Waals surface area (Å²) in [5, 5.41) is 7.97. The highest BCUT2D eigenvalue weighted by Crippen LogP contribution is 2.32. The Morgan fingerprint density at radius 3 is 2.67 bits per heavy atom. The number of nitrogens with zero attached hydrogens (tertiary/aromatic N) is 4. The number of anilines is 1. The number of thioether (sulfide) groups is 1. The highest BCUT2D eigenvalue weighted by Gasteiger charge is 2.29. The zero-order chi connectivity index (χ0) is 23.6. The lowest BCUT2D eigenvalue weighted by Crippen LogP contribution is -2.35. The van der Waals surface area contributed by atoms with Gasteiger partial charge in [-0.15, -0.1) is 10.2 Å². The number of para-hydroxylation sites is 1. The topological polar surface area (TPSA) is 96.6 Å². The van der Waals surface area contributed by atoms with E-state index >= 15 is 0 Å². The second kappa shape index (κ2) is 9.66. The van der Waals surface area contributed by atoms with Crippen LogP contribution in [0.5, 0.6) is 0 Å². The highest BCUT2D eigenvalue weighted by atomic mass is 32.2. The second-order valence-electron chi connectivity index (χ2n) is 7.62. The van der Waals surface area contributed by atoms with Gasteiger partial charge in [-0.1, -0.05) is 49.9 Å². The molecule has 0 spiro atoms. The Bertz CT molecular complexity index is 1250. The molecule has 2 aromatic carbocycles. The van der Waals surface area contributed by atoms with Gasteiger partial charge in [0.15, 0.2) is 0 Å². The van der Waals surface area contributed by atoms with Gasteiger partial charge in [-0.25, -0.2) is 8.42 Å². The number of aromatic nitrogens is 2. The summed E-state index contributed by atoms with van der Waals surface area (Å²) in [6.45, 7) is 6.85. The largest absolute Gasteiger partial charge is 0.411 e. The first-order chi connectivity index (χ1) is 15.8. The molecule has 0 saturated carbocycles. The Balaban J connectivity index is 1.49. The van der Waals surface area contributed by atoms with E-state index in [-0.39, 0.29) is 21.9 Å². The van der Waals surface area contributed by atoms with Gasteiger partial charge in [-0.2, -0.15) is 4.31 Å². The Labute approximate surface area is 198 Å². The van der Waals surface area contributed by atoms with Crippen LogP contribution in [0.25, 0.3) is 11.5 Å². The third kappa shape index (κ3) is 4.68. The zero-order valence-corrected chi connectivity index (χ0v) is 20.4. The standard InChI is InChI=1S/C23H26N4O4S2/c1-4-26(5-2)33(29,30)19-11-8-10-18(15-19)21-24-25-23(31-21)32-16(3)22(28)27-14-13-17-9-6-7-12-20(17)27/h6-12,15-16H,4-5,13-14H2,1-3H3. The molecule has 0 saturated heterocycles. The fourth-order valence-corrected chi connectivity index (χ4v) is 6.11. The second-order valence-corrected chi connectivity index (χ2v) is 10.8. The van der Waals surface area contributed by atoms with Crippen molar-refractivity contribution in [2.45, 2.75) is 42.6 Å². The molecule has 1 amide bonds. The maximum Gasteiger partial charge on any atom is 0.277 e. The van der Waals surface area contributed by atoms with Gasteiger partial charge in [0.05, 0.1) is 10.1 Å². The lowest BCUT2D eigenvalue weighted by Gasteiger charge is -2.20. The van der Waals surface area contributed by atoms with E-state index in [1.54, 1.807) is 36.9 Å². The Hall–Kier alpha value is -2.69. The van der Waals surface area contributed by atoms with Crippen LogP contribution in [0.1, 0.15) is 26.3 Å². The molecule has 4 rings (SSSR count). The van der Waals surface area contributed by atoms with Crippen LogP contribution < -0.4 is 4.90 Å². The van der Waals surface area contributed by atoms with Crippen LogP contribution in [-0.4, -0.2) is 53.7 Å². The van der Waals surface area contributed by atoms with E-state index in [1.165, 1.54) is 27.7 Å². The maximum absolute atomic E-state index is 13.0. The van der Waals surface area contributed by atoms with Crippen LogP contribution >= 0.6 is 11.8 Å². The molecule has 1 unspecified atom stereocenters. The fourth-order valence-electron chi connectivity index (χ4n) is 3.86. The molecule has 0 N–H and O–H groups in total. The summed E-state index contributed by atoms with van der Waals surface area (Å²) in [5.41, 5.74) is 2.63. The summed E-state index contributed by atoms with van der Waals surface area (Å²) in [6, 6.07) is 14.4. The van der Waals surface area contributed by atoms with E-state index in [4.69, 9.17) is 4.42 Å². The van der Waals surface area contributed by atoms with Crippen LogP contribution in [-0.2, 0) is 21.2 Å². The van der Waals surface area contributed by atoms with Crippen molar-refractivity contribution < 1.29 is 17.6 Å².